The largest absolute Gasteiger partial charge is 0.378 e. The molecule has 19 heteroatoms. The molecule has 1 aromatic heterocycles. The molecule has 212 valence electrons. The minimum Gasteiger partial charge on any atom is -0.378 e. The molecule has 39 heavy (non-hydrogen) atoms. The van der Waals surface area contributed by atoms with E-state index in [1.54, 1.807) is 0 Å². The van der Waals surface area contributed by atoms with Crippen molar-refractivity contribution in [3.05, 3.63) is 48.5 Å². The van der Waals surface area contributed by atoms with Gasteiger partial charge in [-0.1, -0.05) is 6.07 Å². The zero-order chi connectivity index (χ0) is 28.7. The summed E-state index contributed by atoms with van der Waals surface area (Å²) < 4.78 is 93.7. The van der Waals surface area contributed by atoms with Crippen molar-refractivity contribution in [1.82, 2.24) is 19.7 Å². The van der Waals surface area contributed by atoms with Gasteiger partial charge >= 0.3 is 0 Å². The van der Waals surface area contributed by atoms with Crippen molar-refractivity contribution >= 4 is 59.5 Å². The molecule has 0 aliphatic heterocycles. The third kappa shape index (κ3) is 10.3. The van der Waals surface area contributed by atoms with Gasteiger partial charge in [-0.05, 0) is 42.5 Å². The zero-order valence-corrected chi connectivity index (χ0v) is 22.7. The van der Waals surface area contributed by atoms with E-state index in [-0.39, 0.29) is 59.6 Å². The summed E-state index contributed by atoms with van der Waals surface area (Å²) in [5, 5.41) is 8.60. The van der Waals surface area contributed by atoms with Gasteiger partial charge in [-0.3, -0.25) is 9.11 Å². The summed E-state index contributed by atoms with van der Waals surface area (Å²) in [4.78, 5) is 12.0. The van der Waals surface area contributed by atoms with Crippen LogP contribution >= 0.6 is 0 Å². The lowest BCUT2D eigenvalue weighted by molar-refractivity contribution is 0.149. The van der Waals surface area contributed by atoms with E-state index in [2.05, 4.69) is 35.6 Å². The number of rotatable bonds is 14. The highest BCUT2D eigenvalue weighted by Crippen LogP contribution is 2.22. The van der Waals surface area contributed by atoms with Crippen molar-refractivity contribution in [2.24, 2.45) is 0 Å². The molecule has 0 saturated heterocycles. The lowest BCUT2D eigenvalue weighted by Crippen LogP contribution is -2.26. The summed E-state index contributed by atoms with van der Waals surface area (Å²) in [6.45, 7) is 0.639. The van der Waals surface area contributed by atoms with E-state index in [0.717, 1.165) is 6.26 Å². The number of anilines is 5. The first kappa shape index (κ1) is 30.1. The van der Waals surface area contributed by atoms with Crippen LogP contribution in [0.5, 0.6) is 0 Å². The van der Waals surface area contributed by atoms with Crippen LogP contribution in [0.2, 0.25) is 0 Å². The molecule has 0 aliphatic carbocycles. The highest BCUT2D eigenvalue weighted by Gasteiger charge is 2.13. The molecule has 0 spiro atoms. The summed E-state index contributed by atoms with van der Waals surface area (Å²) in [5.41, 5.74) is 0.619. The summed E-state index contributed by atoms with van der Waals surface area (Å²) in [6.07, 6.45) is 1.04. The van der Waals surface area contributed by atoms with E-state index in [1.165, 1.54) is 48.5 Å². The molecule has 0 saturated carbocycles. The second-order valence-corrected chi connectivity index (χ2v) is 12.4. The Labute approximate surface area is 224 Å². The molecule has 0 fully saturated rings. The van der Waals surface area contributed by atoms with E-state index in [0.29, 0.717) is 5.69 Å². The van der Waals surface area contributed by atoms with Crippen LogP contribution in [0.15, 0.2) is 58.3 Å². The zero-order valence-electron chi connectivity index (χ0n) is 20.3. The molecular formula is C20H25N7O9S3. The molecule has 0 aliphatic rings. The van der Waals surface area contributed by atoms with Gasteiger partial charge in [0.15, 0.2) is 0 Å². The Balaban J connectivity index is 1.76. The van der Waals surface area contributed by atoms with Crippen molar-refractivity contribution in [2.75, 3.05) is 48.5 Å². The average molecular weight is 604 g/mol. The van der Waals surface area contributed by atoms with Crippen molar-refractivity contribution in [3.8, 4) is 0 Å². The normalized spacial score (nSPS) is 12.2. The van der Waals surface area contributed by atoms with Crippen LogP contribution in [0.25, 0.3) is 0 Å². The van der Waals surface area contributed by atoms with Crippen LogP contribution in [0, 0.1) is 0 Å². The number of nitrogens with zero attached hydrogens (tertiary/aromatic N) is 3. The SMILES string of the molecule is CS(=O)(=O)NCCOCCNc1nc(Nc2ccc(S(=O)(=O)O)cc2)nc(Nc2cccc(S(=O)(=O)O)c2)n1. The van der Waals surface area contributed by atoms with Crippen molar-refractivity contribution in [3.63, 3.8) is 0 Å². The molecule has 6 N–H and O–H groups in total. The molecule has 0 unspecified atom stereocenters. The standard InChI is InChI=1S/C20H25N7O9S3/c1-37(28,29)22-10-12-36-11-9-21-18-25-19(23-14-5-7-16(8-6-14)38(30,31)32)27-20(26-18)24-15-3-2-4-17(13-15)39(33,34)35/h2-8,13,22H,9-12H2,1H3,(H,30,31,32)(H,33,34,35)(H3,21,23,24,25,26,27). The minimum absolute atomic E-state index is 0.0128. The summed E-state index contributed by atoms with van der Waals surface area (Å²) in [7, 11) is -12.1. The fraction of sp³-hybridized carbons (Fsp3) is 0.250. The monoisotopic (exact) mass is 603 g/mol. The predicted octanol–water partition coefficient (Wildman–Crippen LogP) is 0.830. The van der Waals surface area contributed by atoms with E-state index in [9.17, 15) is 29.8 Å². The van der Waals surface area contributed by atoms with Crippen LogP contribution in [0.4, 0.5) is 29.2 Å². The second kappa shape index (κ2) is 12.6. The molecule has 0 bridgehead atoms. The molecular weight excluding hydrogens is 578 g/mol. The Morgan fingerprint density at radius 2 is 1.28 bits per heavy atom. The van der Waals surface area contributed by atoms with E-state index < -0.39 is 30.3 Å². The number of sulfonamides is 1. The lowest BCUT2D eigenvalue weighted by Gasteiger charge is -2.12. The maximum absolute atomic E-state index is 11.5. The Hall–Kier alpha value is -3.46. The van der Waals surface area contributed by atoms with E-state index in [4.69, 9.17) is 9.29 Å². The second-order valence-electron chi connectivity index (χ2n) is 7.76. The van der Waals surface area contributed by atoms with Crippen LogP contribution in [-0.2, 0) is 35.0 Å². The van der Waals surface area contributed by atoms with Gasteiger partial charge in [0, 0.05) is 24.5 Å². The van der Waals surface area contributed by atoms with Crippen LogP contribution in [-0.4, -0.2) is 81.9 Å². The maximum Gasteiger partial charge on any atom is 0.294 e. The number of ether oxygens (including phenoxy) is 1. The lowest BCUT2D eigenvalue weighted by atomic mass is 10.3. The highest BCUT2D eigenvalue weighted by atomic mass is 32.2. The van der Waals surface area contributed by atoms with Gasteiger partial charge in [0.05, 0.1) is 29.3 Å². The topological polar surface area (TPSA) is 239 Å². The third-order valence-corrected chi connectivity index (χ3v) is 7.02. The van der Waals surface area contributed by atoms with Crippen LogP contribution < -0.4 is 20.7 Å². The molecule has 16 nitrogen and oxygen atoms in total. The molecule has 0 amide bonds. The molecule has 0 radical (unpaired) electrons. The molecule has 3 rings (SSSR count). The first-order valence-electron chi connectivity index (χ1n) is 10.9. The molecule has 1 heterocycles. The Morgan fingerprint density at radius 1 is 0.718 bits per heavy atom. The quantitative estimate of drug-likeness (QED) is 0.110. The fourth-order valence-electron chi connectivity index (χ4n) is 2.91. The van der Waals surface area contributed by atoms with Crippen molar-refractivity contribution < 1.29 is 39.1 Å². The summed E-state index contributed by atoms with van der Waals surface area (Å²) in [6, 6.07) is 10.4. The predicted molar refractivity (Wildman–Crippen MR) is 141 cm³/mol. The Bertz CT molecular complexity index is 1620. The first-order valence-corrected chi connectivity index (χ1v) is 15.7. The average Bonchev–Trinajstić information content (AvgIpc) is 2.82. The van der Waals surface area contributed by atoms with Gasteiger partial charge in [-0.25, -0.2) is 13.1 Å². The Kier molecular flexibility index (Phi) is 9.72. The van der Waals surface area contributed by atoms with Crippen molar-refractivity contribution in [1.29, 1.82) is 0 Å². The van der Waals surface area contributed by atoms with Gasteiger partial charge in [-0.2, -0.15) is 31.8 Å². The van der Waals surface area contributed by atoms with Gasteiger partial charge in [0.2, 0.25) is 27.9 Å². The maximum atomic E-state index is 11.5. The minimum atomic E-state index is -4.45. The number of nitrogens with one attached hydrogen (secondary N) is 4. The summed E-state index contributed by atoms with van der Waals surface area (Å²) in [5.74, 6) is 0.0717. The molecule has 0 atom stereocenters. The number of aromatic nitrogens is 3. The molecule has 3 aromatic rings. The molecule has 2 aromatic carbocycles. The Morgan fingerprint density at radius 3 is 1.87 bits per heavy atom. The van der Waals surface area contributed by atoms with Gasteiger partial charge in [-0.15, -0.1) is 0 Å². The smallest absolute Gasteiger partial charge is 0.294 e. The van der Waals surface area contributed by atoms with E-state index >= 15 is 0 Å². The van der Waals surface area contributed by atoms with Gasteiger partial charge in [0.25, 0.3) is 20.2 Å². The van der Waals surface area contributed by atoms with Crippen molar-refractivity contribution in [2.45, 2.75) is 9.79 Å². The van der Waals surface area contributed by atoms with E-state index in [1.807, 2.05) is 0 Å². The van der Waals surface area contributed by atoms with Crippen LogP contribution in [0.1, 0.15) is 0 Å². The summed E-state index contributed by atoms with van der Waals surface area (Å²) >= 11 is 0. The number of hydrogen-bond donors (Lipinski definition) is 6. The van der Waals surface area contributed by atoms with Gasteiger partial charge in [0.1, 0.15) is 0 Å². The highest BCUT2D eigenvalue weighted by molar-refractivity contribution is 7.88. The van der Waals surface area contributed by atoms with Gasteiger partial charge < -0.3 is 20.7 Å². The van der Waals surface area contributed by atoms with Crippen LogP contribution in [0.3, 0.4) is 0 Å². The number of benzene rings is 2. The first-order chi connectivity index (χ1) is 18.2. The number of hydrogen-bond acceptors (Lipinski definition) is 13. The third-order valence-electron chi connectivity index (χ3n) is 4.57. The fourth-order valence-corrected chi connectivity index (χ4v) is 4.37.